The quantitative estimate of drug-likeness (QED) is 0.326. The summed E-state index contributed by atoms with van der Waals surface area (Å²) < 4.78 is 0. The van der Waals surface area contributed by atoms with Crippen molar-refractivity contribution in [1.82, 2.24) is 10.4 Å². The first-order valence-electron chi connectivity index (χ1n) is 4.21. The van der Waals surface area contributed by atoms with Crippen molar-refractivity contribution >= 4 is 6.03 Å². The Morgan fingerprint density at radius 1 is 1.58 bits per heavy atom. The Labute approximate surface area is 73.0 Å². The molecule has 1 atom stereocenters. The highest BCUT2D eigenvalue weighted by Gasteiger charge is 2.16. The molecule has 0 saturated carbocycles. The summed E-state index contributed by atoms with van der Waals surface area (Å²) in [5.74, 6) is 10.5. The van der Waals surface area contributed by atoms with E-state index in [-0.39, 0.29) is 6.04 Å². The zero-order chi connectivity index (χ0) is 9.56. The van der Waals surface area contributed by atoms with Crippen molar-refractivity contribution in [2.24, 2.45) is 11.7 Å². The molecule has 1 unspecified atom stereocenters. The first-order valence-corrected chi connectivity index (χ1v) is 4.21. The fourth-order valence-electron chi connectivity index (χ4n) is 1.11. The minimum Gasteiger partial charge on any atom is -0.275 e. The van der Waals surface area contributed by atoms with E-state index in [2.05, 4.69) is 6.92 Å². The second-order valence-electron chi connectivity index (χ2n) is 2.71. The van der Waals surface area contributed by atoms with Gasteiger partial charge in [-0.05, 0) is 12.8 Å². The van der Waals surface area contributed by atoms with Gasteiger partial charge in [0.15, 0.2) is 0 Å². The summed E-state index contributed by atoms with van der Waals surface area (Å²) in [6, 6.07) is -0.353. The van der Waals surface area contributed by atoms with Gasteiger partial charge >= 0.3 is 6.03 Å². The Bertz CT molecular complexity index is 139. The molecular weight excluding hydrogens is 156 g/mol. The first kappa shape index (κ1) is 11.2. The molecule has 0 radical (unpaired) electrons. The smallest absolute Gasteiger partial charge is 0.275 e. The van der Waals surface area contributed by atoms with Crippen molar-refractivity contribution in [3.8, 4) is 0 Å². The fraction of sp³-hybridized carbons (Fsp3) is 0.857. The molecule has 0 saturated heterocycles. The van der Waals surface area contributed by atoms with Crippen LogP contribution in [-0.2, 0) is 0 Å². The molecule has 0 heterocycles. The van der Waals surface area contributed by atoms with Crippen LogP contribution >= 0.6 is 0 Å². The number of carbonyl (C=O) groups is 1. The lowest BCUT2D eigenvalue weighted by molar-refractivity contribution is 0.169. The van der Waals surface area contributed by atoms with Crippen LogP contribution in [0.5, 0.6) is 0 Å². The summed E-state index contributed by atoms with van der Waals surface area (Å²) in [6.07, 6.45) is 2.75. The van der Waals surface area contributed by atoms with Crippen LogP contribution in [0.25, 0.3) is 0 Å². The monoisotopic (exact) mass is 174 g/mol. The van der Waals surface area contributed by atoms with Gasteiger partial charge in [-0.3, -0.25) is 10.4 Å². The maximum Gasteiger partial charge on any atom is 0.345 e. The Hall–Kier alpha value is -0.810. The van der Waals surface area contributed by atoms with E-state index >= 15 is 0 Å². The average Bonchev–Trinajstić information content (AvgIpc) is 2.11. The van der Waals surface area contributed by atoms with E-state index in [0.717, 1.165) is 24.3 Å². The van der Waals surface area contributed by atoms with Crippen LogP contribution in [0.3, 0.4) is 0 Å². The van der Waals surface area contributed by atoms with Crippen LogP contribution in [0.1, 0.15) is 33.1 Å². The molecule has 0 rings (SSSR count). The molecule has 5 heteroatoms. The maximum absolute atomic E-state index is 11.0. The standard InChI is InChI=1S/C7H18N4O/c1-3-5-6(4-2)11(9)7(12)10-8/h6H,3-5,8-9H2,1-2H3,(H,10,12). The molecule has 12 heavy (non-hydrogen) atoms. The number of rotatable bonds is 4. The predicted molar refractivity (Wildman–Crippen MR) is 47.7 cm³/mol. The van der Waals surface area contributed by atoms with Crippen LogP contribution in [0, 0.1) is 0 Å². The van der Waals surface area contributed by atoms with E-state index in [9.17, 15) is 4.79 Å². The van der Waals surface area contributed by atoms with Gasteiger partial charge in [-0.15, -0.1) is 0 Å². The summed E-state index contributed by atoms with van der Waals surface area (Å²) in [5.41, 5.74) is 2.00. The zero-order valence-electron chi connectivity index (χ0n) is 7.71. The van der Waals surface area contributed by atoms with Crippen molar-refractivity contribution in [3.63, 3.8) is 0 Å². The Kier molecular flexibility index (Phi) is 5.40. The van der Waals surface area contributed by atoms with Crippen LogP contribution < -0.4 is 17.1 Å². The van der Waals surface area contributed by atoms with Gasteiger partial charge < -0.3 is 0 Å². The predicted octanol–water partition coefficient (Wildman–Crippen LogP) is 0.324. The zero-order valence-corrected chi connectivity index (χ0v) is 7.71. The van der Waals surface area contributed by atoms with Gasteiger partial charge in [-0.2, -0.15) is 0 Å². The van der Waals surface area contributed by atoms with Crippen molar-refractivity contribution < 1.29 is 4.79 Å². The molecule has 0 fully saturated rings. The van der Waals surface area contributed by atoms with Crippen LogP contribution in [0.15, 0.2) is 0 Å². The van der Waals surface area contributed by atoms with E-state index < -0.39 is 6.03 Å². The molecule has 0 aromatic rings. The van der Waals surface area contributed by atoms with Gasteiger partial charge in [0.25, 0.3) is 0 Å². The molecule has 0 bridgehead atoms. The number of nitrogens with two attached hydrogens (primary N) is 2. The Morgan fingerprint density at radius 2 is 2.17 bits per heavy atom. The van der Waals surface area contributed by atoms with Crippen LogP contribution in [-0.4, -0.2) is 17.1 Å². The van der Waals surface area contributed by atoms with Crippen molar-refractivity contribution in [1.29, 1.82) is 0 Å². The molecule has 72 valence electrons. The second-order valence-corrected chi connectivity index (χ2v) is 2.71. The normalized spacial score (nSPS) is 12.3. The van der Waals surface area contributed by atoms with Gasteiger partial charge in [0.1, 0.15) is 0 Å². The number of hydrogen-bond donors (Lipinski definition) is 3. The highest BCUT2D eigenvalue weighted by molar-refractivity contribution is 5.73. The van der Waals surface area contributed by atoms with Crippen LogP contribution in [0.4, 0.5) is 4.79 Å². The van der Waals surface area contributed by atoms with E-state index in [1.54, 1.807) is 0 Å². The lowest BCUT2D eigenvalue weighted by Crippen LogP contribution is -2.52. The van der Waals surface area contributed by atoms with Gasteiger partial charge in [-0.25, -0.2) is 16.5 Å². The maximum atomic E-state index is 11.0. The van der Waals surface area contributed by atoms with Gasteiger partial charge in [-0.1, -0.05) is 20.3 Å². The Balaban J connectivity index is 4.00. The van der Waals surface area contributed by atoms with E-state index in [1.807, 2.05) is 12.3 Å². The van der Waals surface area contributed by atoms with Crippen LogP contribution in [0.2, 0.25) is 0 Å². The summed E-state index contributed by atoms with van der Waals surface area (Å²) >= 11 is 0. The molecule has 0 aliphatic heterocycles. The number of carbonyl (C=O) groups excluding carboxylic acids is 1. The molecule has 2 amide bonds. The van der Waals surface area contributed by atoms with Gasteiger partial charge in [0, 0.05) is 6.04 Å². The molecule has 0 spiro atoms. The number of nitrogens with one attached hydrogen (secondary N) is 1. The Morgan fingerprint density at radius 3 is 2.50 bits per heavy atom. The SMILES string of the molecule is CCCC(CC)N(N)C(=O)NN. The minimum absolute atomic E-state index is 0.0820. The number of hydrazine groups is 2. The van der Waals surface area contributed by atoms with Crippen molar-refractivity contribution in [2.75, 3.05) is 0 Å². The summed E-state index contributed by atoms with van der Waals surface area (Å²) in [5, 5.41) is 1.16. The van der Waals surface area contributed by atoms with E-state index in [4.69, 9.17) is 11.7 Å². The minimum atomic E-state index is -0.435. The molecular formula is C7H18N4O. The number of urea groups is 1. The largest absolute Gasteiger partial charge is 0.345 e. The lowest BCUT2D eigenvalue weighted by atomic mass is 10.1. The molecule has 5 N–H and O–H groups in total. The van der Waals surface area contributed by atoms with E-state index in [1.165, 1.54) is 0 Å². The van der Waals surface area contributed by atoms with Crippen molar-refractivity contribution in [2.45, 2.75) is 39.2 Å². The third kappa shape index (κ3) is 3.06. The summed E-state index contributed by atoms with van der Waals surface area (Å²) in [4.78, 5) is 11.0. The lowest BCUT2D eigenvalue weighted by Gasteiger charge is -2.25. The third-order valence-corrected chi connectivity index (χ3v) is 1.84. The molecule has 0 aliphatic carbocycles. The molecule has 0 aliphatic rings. The fourth-order valence-corrected chi connectivity index (χ4v) is 1.11. The summed E-state index contributed by atoms with van der Waals surface area (Å²) in [6.45, 7) is 4.04. The average molecular weight is 174 g/mol. The second kappa shape index (κ2) is 5.79. The first-order chi connectivity index (χ1) is 5.67. The molecule has 0 aromatic heterocycles. The third-order valence-electron chi connectivity index (χ3n) is 1.84. The highest BCUT2D eigenvalue weighted by Crippen LogP contribution is 2.06. The number of amides is 2. The van der Waals surface area contributed by atoms with Gasteiger partial charge in [0.2, 0.25) is 0 Å². The van der Waals surface area contributed by atoms with Crippen molar-refractivity contribution in [3.05, 3.63) is 0 Å². The highest BCUT2D eigenvalue weighted by atomic mass is 16.2. The number of hydrogen-bond acceptors (Lipinski definition) is 3. The molecule has 0 aromatic carbocycles. The number of nitrogens with zero attached hydrogens (tertiary/aromatic N) is 1. The molecule has 5 nitrogen and oxygen atoms in total. The van der Waals surface area contributed by atoms with Gasteiger partial charge in [0.05, 0.1) is 0 Å². The topological polar surface area (TPSA) is 84.4 Å². The van der Waals surface area contributed by atoms with E-state index in [0.29, 0.717) is 0 Å². The summed E-state index contributed by atoms with van der Waals surface area (Å²) in [7, 11) is 0.